The second kappa shape index (κ2) is 9.37. The van der Waals surface area contributed by atoms with Gasteiger partial charge in [0.15, 0.2) is 0 Å². The van der Waals surface area contributed by atoms with E-state index >= 15 is 0 Å². The number of ketones is 1. The van der Waals surface area contributed by atoms with Gasteiger partial charge in [0.25, 0.3) is 11.7 Å². The molecule has 1 saturated heterocycles. The number of amides is 1. The van der Waals surface area contributed by atoms with Crippen molar-refractivity contribution >= 4 is 17.4 Å². The number of benzene rings is 1. The number of aliphatic hydroxyl groups is 1. The number of rotatable bonds is 8. The number of likely N-dealkylation sites (N-methyl/N-ethyl adjacent to an activating group) is 1. The van der Waals surface area contributed by atoms with Gasteiger partial charge in [-0.3, -0.25) is 14.6 Å². The van der Waals surface area contributed by atoms with Crippen LogP contribution in [0.25, 0.3) is 5.76 Å². The fourth-order valence-corrected chi connectivity index (χ4v) is 3.32. The lowest BCUT2D eigenvalue weighted by Crippen LogP contribution is -2.35. The highest BCUT2D eigenvalue weighted by Crippen LogP contribution is 2.39. The Morgan fingerprint density at radius 2 is 2.00 bits per heavy atom. The number of aliphatic hydroxyl groups excluding tert-OH is 1. The first-order valence-electron chi connectivity index (χ1n) is 9.61. The normalized spacial score (nSPS) is 18.1. The summed E-state index contributed by atoms with van der Waals surface area (Å²) in [5.74, 6) is -0.934. The highest BCUT2D eigenvalue weighted by atomic mass is 16.5. The van der Waals surface area contributed by atoms with Crippen LogP contribution in [0.4, 0.5) is 0 Å². The zero-order valence-corrected chi connectivity index (χ0v) is 17.1. The number of likely N-dealkylation sites (tertiary alicyclic amines) is 1. The summed E-state index contributed by atoms with van der Waals surface area (Å²) in [6.07, 6.45) is 4.87. The monoisotopic (exact) mass is 407 g/mol. The van der Waals surface area contributed by atoms with E-state index in [1.54, 1.807) is 54.9 Å². The van der Waals surface area contributed by atoms with Crippen molar-refractivity contribution < 1.29 is 19.4 Å². The zero-order chi connectivity index (χ0) is 21.7. The van der Waals surface area contributed by atoms with E-state index in [1.807, 2.05) is 19.0 Å². The summed E-state index contributed by atoms with van der Waals surface area (Å²) in [5.41, 5.74) is 1.16. The van der Waals surface area contributed by atoms with Crippen LogP contribution >= 0.6 is 0 Å². The molecule has 30 heavy (non-hydrogen) atoms. The third kappa shape index (κ3) is 4.41. The second-order valence-corrected chi connectivity index (χ2v) is 7.21. The van der Waals surface area contributed by atoms with Gasteiger partial charge in [-0.15, -0.1) is 0 Å². The summed E-state index contributed by atoms with van der Waals surface area (Å²) in [5, 5.41) is 11.0. The number of hydrogen-bond donors (Lipinski definition) is 1. The molecule has 156 valence electrons. The van der Waals surface area contributed by atoms with E-state index in [0.29, 0.717) is 36.6 Å². The van der Waals surface area contributed by atoms with Gasteiger partial charge in [0.1, 0.15) is 18.1 Å². The molecule has 2 heterocycles. The lowest BCUT2D eigenvalue weighted by molar-refractivity contribution is -0.140. The molecule has 0 radical (unpaired) electrons. The van der Waals surface area contributed by atoms with Gasteiger partial charge in [-0.05, 0) is 50.0 Å². The molecule has 1 amide bonds. The molecular formula is C23H25N3O4. The number of hydrogen-bond acceptors (Lipinski definition) is 6. The third-order valence-corrected chi connectivity index (χ3v) is 4.82. The number of carbonyl (C=O) groups excluding carboxylic acids is 2. The minimum Gasteiger partial charge on any atom is -0.507 e. The molecular weight excluding hydrogens is 382 g/mol. The van der Waals surface area contributed by atoms with E-state index in [2.05, 4.69) is 11.6 Å². The molecule has 1 aliphatic rings. The fraction of sp³-hybridized carbons (Fsp3) is 0.261. The quantitative estimate of drug-likeness (QED) is 0.314. The zero-order valence-electron chi connectivity index (χ0n) is 17.1. The van der Waals surface area contributed by atoms with Crippen molar-refractivity contribution in [3.63, 3.8) is 0 Å². The first-order chi connectivity index (χ1) is 14.4. The van der Waals surface area contributed by atoms with E-state index in [4.69, 9.17) is 4.74 Å². The molecule has 7 heteroatoms. The topological polar surface area (TPSA) is 83.0 Å². The van der Waals surface area contributed by atoms with Crippen molar-refractivity contribution in [3.05, 3.63) is 78.1 Å². The summed E-state index contributed by atoms with van der Waals surface area (Å²) >= 11 is 0. The van der Waals surface area contributed by atoms with Gasteiger partial charge in [0.2, 0.25) is 0 Å². The first-order valence-corrected chi connectivity index (χ1v) is 9.61. The Bertz CT molecular complexity index is 952. The maximum atomic E-state index is 12.9. The van der Waals surface area contributed by atoms with Crippen LogP contribution in [-0.2, 0) is 9.59 Å². The predicted molar refractivity (Wildman–Crippen MR) is 114 cm³/mol. The van der Waals surface area contributed by atoms with Gasteiger partial charge < -0.3 is 19.6 Å². The Morgan fingerprint density at radius 1 is 1.27 bits per heavy atom. The summed E-state index contributed by atoms with van der Waals surface area (Å²) in [4.78, 5) is 33.2. The average molecular weight is 407 g/mol. The number of Topliss-reactive ketones (excluding diaryl/α,β-unsaturated/α-hetero) is 1. The van der Waals surface area contributed by atoms with Crippen molar-refractivity contribution in [2.45, 2.75) is 6.04 Å². The Balaban J connectivity index is 2.03. The predicted octanol–water partition coefficient (Wildman–Crippen LogP) is 2.63. The average Bonchev–Trinajstić information content (AvgIpc) is 3.01. The Hall–Kier alpha value is -3.45. The van der Waals surface area contributed by atoms with Gasteiger partial charge in [0.05, 0.1) is 11.6 Å². The highest BCUT2D eigenvalue weighted by molar-refractivity contribution is 6.46. The molecule has 1 N–H and O–H groups in total. The van der Waals surface area contributed by atoms with Crippen LogP contribution < -0.4 is 4.74 Å². The maximum Gasteiger partial charge on any atom is 0.295 e. The van der Waals surface area contributed by atoms with Gasteiger partial charge >= 0.3 is 0 Å². The van der Waals surface area contributed by atoms with Gasteiger partial charge in [0, 0.05) is 31.0 Å². The summed E-state index contributed by atoms with van der Waals surface area (Å²) in [7, 11) is 3.79. The van der Waals surface area contributed by atoms with Crippen molar-refractivity contribution in [2.75, 3.05) is 33.8 Å². The lowest BCUT2D eigenvalue weighted by Gasteiger charge is -2.26. The molecule has 7 nitrogen and oxygen atoms in total. The van der Waals surface area contributed by atoms with Crippen LogP contribution in [-0.4, -0.2) is 65.4 Å². The minimum atomic E-state index is -0.702. The Labute approximate surface area is 175 Å². The van der Waals surface area contributed by atoms with Crippen molar-refractivity contribution in [2.24, 2.45) is 0 Å². The molecule has 1 aliphatic heterocycles. The van der Waals surface area contributed by atoms with Crippen molar-refractivity contribution in [3.8, 4) is 5.75 Å². The SMILES string of the molecule is C=CCOc1ccc(/C(O)=C2/C(=O)C(=O)N(CCN(C)C)C2c2cccnc2)cc1. The Morgan fingerprint density at radius 3 is 2.60 bits per heavy atom. The van der Waals surface area contributed by atoms with Crippen LogP contribution in [0, 0.1) is 0 Å². The lowest BCUT2D eigenvalue weighted by atomic mass is 9.96. The number of aromatic nitrogens is 1. The van der Waals surface area contributed by atoms with Crippen LogP contribution in [0.2, 0.25) is 0 Å². The number of ether oxygens (including phenoxy) is 1. The minimum absolute atomic E-state index is 0.0616. The molecule has 0 saturated carbocycles. The molecule has 1 atom stereocenters. The van der Waals surface area contributed by atoms with Crippen molar-refractivity contribution in [1.82, 2.24) is 14.8 Å². The van der Waals surface area contributed by atoms with Crippen molar-refractivity contribution in [1.29, 1.82) is 0 Å². The van der Waals surface area contributed by atoms with Crippen LogP contribution in [0.3, 0.4) is 0 Å². The van der Waals surface area contributed by atoms with E-state index < -0.39 is 17.7 Å². The maximum absolute atomic E-state index is 12.9. The Kier molecular flexibility index (Phi) is 6.64. The smallest absolute Gasteiger partial charge is 0.295 e. The number of carbonyl (C=O) groups is 2. The summed E-state index contributed by atoms with van der Waals surface area (Å²) < 4.78 is 5.46. The second-order valence-electron chi connectivity index (χ2n) is 7.21. The molecule has 0 aliphatic carbocycles. The summed E-state index contributed by atoms with van der Waals surface area (Å²) in [6.45, 7) is 4.90. The fourth-order valence-electron chi connectivity index (χ4n) is 3.32. The van der Waals surface area contributed by atoms with E-state index in [0.717, 1.165) is 0 Å². The largest absolute Gasteiger partial charge is 0.507 e. The summed E-state index contributed by atoms with van der Waals surface area (Å²) in [6, 6.07) is 9.54. The molecule has 0 bridgehead atoms. The van der Waals surface area contributed by atoms with Gasteiger partial charge in [-0.2, -0.15) is 0 Å². The molecule has 1 unspecified atom stereocenters. The van der Waals surface area contributed by atoms with E-state index in [-0.39, 0.29) is 11.3 Å². The molecule has 1 aromatic heterocycles. The van der Waals surface area contributed by atoms with Crippen LogP contribution in [0.5, 0.6) is 5.75 Å². The molecule has 0 spiro atoms. The van der Waals surface area contributed by atoms with E-state index in [9.17, 15) is 14.7 Å². The highest BCUT2D eigenvalue weighted by Gasteiger charge is 2.45. The van der Waals surface area contributed by atoms with Crippen LogP contribution in [0.15, 0.2) is 67.0 Å². The standard InChI is InChI=1S/C23H25N3O4/c1-4-14-30-18-9-7-16(8-10-18)21(27)19-20(17-6-5-11-24-15-17)26(13-12-25(2)3)23(29)22(19)28/h4-11,15,20,27H,1,12-14H2,2-3H3/b21-19-. The molecule has 3 rings (SSSR count). The number of nitrogens with zero attached hydrogens (tertiary/aromatic N) is 3. The van der Waals surface area contributed by atoms with Crippen LogP contribution in [0.1, 0.15) is 17.2 Å². The third-order valence-electron chi connectivity index (χ3n) is 4.82. The number of pyridine rings is 1. The first kappa shape index (κ1) is 21.3. The van der Waals surface area contributed by atoms with Gasteiger partial charge in [-0.1, -0.05) is 18.7 Å². The molecule has 1 fully saturated rings. The molecule has 1 aromatic carbocycles. The van der Waals surface area contributed by atoms with Gasteiger partial charge in [-0.25, -0.2) is 0 Å². The van der Waals surface area contributed by atoms with E-state index in [1.165, 1.54) is 4.90 Å². The molecule has 2 aromatic rings.